The van der Waals surface area contributed by atoms with Gasteiger partial charge in [0.1, 0.15) is 12.1 Å². The van der Waals surface area contributed by atoms with E-state index in [1.807, 2.05) is 13.8 Å². The first-order valence-corrected chi connectivity index (χ1v) is 7.42. The molecule has 7 N–H and O–H groups in total. The fraction of sp³-hybridized carbons (Fsp3) is 0.714. The summed E-state index contributed by atoms with van der Waals surface area (Å²) < 4.78 is 0. The summed E-state index contributed by atoms with van der Waals surface area (Å²) in [4.78, 5) is 46.0. The van der Waals surface area contributed by atoms with Gasteiger partial charge in [0.15, 0.2) is 0 Å². The Hall–Kier alpha value is -2.16. The molecule has 23 heavy (non-hydrogen) atoms. The molecule has 0 aliphatic rings. The molecule has 0 spiro atoms. The monoisotopic (exact) mass is 330 g/mol. The van der Waals surface area contributed by atoms with Crippen molar-refractivity contribution in [2.24, 2.45) is 17.4 Å². The number of hydrogen-bond donors (Lipinski definition) is 5. The van der Waals surface area contributed by atoms with Crippen molar-refractivity contribution < 1.29 is 24.3 Å². The number of aliphatic carboxylic acids is 1. The molecule has 3 amide bonds. The maximum Gasteiger partial charge on any atom is 0.326 e. The van der Waals surface area contributed by atoms with E-state index >= 15 is 0 Å². The Morgan fingerprint density at radius 3 is 1.91 bits per heavy atom. The summed E-state index contributed by atoms with van der Waals surface area (Å²) in [6.45, 7) is 5.09. The molecule has 0 unspecified atom stereocenters. The molecule has 3 atom stereocenters. The molecule has 0 aromatic heterocycles. The number of nitrogens with two attached hydrogens (primary N) is 2. The van der Waals surface area contributed by atoms with E-state index in [4.69, 9.17) is 16.6 Å². The van der Waals surface area contributed by atoms with Crippen molar-refractivity contribution in [2.45, 2.75) is 58.2 Å². The summed E-state index contributed by atoms with van der Waals surface area (Å²) in [6.07, 6.45) is 0.0811. The fourth-order valence-electron chi connectivity index (χ4n) is 1.82. The number of amides is 3. The summed E-state index contributed by atoms with van der Waals surface area (Å²) in [5, 5.41) is 13.9. The van der Waals surface area contributed by atoms with Crippen LogP contribution in [0.15, 0.2) is 0 Å². The predicted molar refractivity (Wildman–Crippen MR) is 83.0 cm³/mol. The predicted octanol–water partition coefficient (Wildman–Crippen LogP) is -1.30. The third-order valence-electron chi connectivity index (χ3n) is 3.05. The molecule has 0 saturated heterocycles. The van der Waals surface area contributed by atoms with Crippen LogP contribution in [0.3, 0.4) is 0 Å². The van der Waals surface area contributed by atoms with E-state index in [1.165, 1.54) is 6.92 Å². The molecule has 132 valence electrons. The van der Waals surface area contributed by atoms with E-state index in [2.05, 4.69) is 10.6 Å². The van der Waals surface area contributed by atoms with Gasteiger partial charge in [0.25, 0.3) is 0 Å². The van der Waals surface area contributed by atoms with E-state index in [0.717, 1.165) is 0 Å². The number of rotatable bonds is 10. The number of primary amides is 1. The second-order valence-electron chi connectivity index (χ2n) is 5.88. The smallest absolute Gasteiger partial charge is 0.326 e. The molecular weight excluding hydrogens is 304 g/mol. The maximum atomic E-state index is 12.2. The van der Waals surface area contributed by atoms with Crippen LogP contribution in [0.2, 0.25) is 0 Å². The quantitative estimate of drug-likeness (QED) is 0.334. The number of nitrogens with one attached hydrogen (secondary N) is 2. The number of carbonyl (C=O) groups is 4. The van der Waals surface area contributed by atoms with E-state index in [9.17, 15) is 19.2 Å². The summed E-state index contributed by atoms with van der Waals surface area (Å²) in [6, 6.07) is -2.99. The molecular formula is C14H26N4O5. The van der Waals surface area contributed by atoms with Gasteiger partial charge in [0.2, 0.25) is 17.7 Å². The molecule has 0 fully saturated rings. The molecule has 0 aliphatic heterocycles. The Morgan fingerprint density at radius 1 is 1.00 bits per heavy atom. The van der Waals surface area contributed by atoms with Gasteiger partial charge in [0, 0.05) is 6.42 Å². The SMILES string of the molecule is CC(C)C[C@H](NC(=O)[C@H](CCC(N)=O)NC(=O)[C@H](C)N)C(=O)O. The molecule has 9 heteroatoms. The summed E-state index contributed by atoms with van der Waals surface area (Å²) in [5.74, 6) is -3.01. The molecule has 0 aromatic rings. The first-order valence-electron chi connectivity index (χ1n) is 7.42. The minimum absolute atomic E-state index is 0.0341. The highest BCUT2D eigenvalue weighted by Crippen LogP contribution is 2.06. The Kier molecular flexibility index (Phi) is 8.86. The summed E-state index contributed by atoms with van der Waals surface area (Å²) >= 11 is 0. The van der Waals surface area contributed by atoms with Gasteiger partial charge in [-0.05, 0) is 25.7 Å². The standard InChI is InChI=1S/C14H26N4O5/c1-7(2)6-10(14(22)23)18-13(21)9(4-5-11(16)19)17-12(20)8(3)15/h7-10H,4-6,15H2,1-3H3,(H2,16,19)(H,17,20)(H,18,21)(H,22,23)/t8-,9-,10-/m0/s1. The van der Waals surface area contributed by atoms with Crippen molar-refractivity contribution in [2.75, 3.05) is 0 Å². The third kappa shape index (κ3) is 8.77. The number of carboxylic acid groups (broad SMARTS) is 1. The van der Waals surface area contributed by atoms with Gasteiger partial charge in [-0.1, -0.05) is 13.8 Å². The maximum absolute atomic E-state index is 12.2. The summed E-state index contributed by atoms with van der Waals surface area (Å²) in [7, 11) is 0. The Balaban J connectivity index is 4.97. The van der Waals surface area contributed by atoms with Gasteiger partial charge in [-0.25, -0.2) is 4.79 Å². The van der Waals surface area contributed by atoms with Crippen LogP contribution in [0.1, 0.15) is 40.0 Å². The van der Waals surface area contributed by atoms with Gasteiger partial charge < -0.3 is 27.2 Å². The highest BCUT2D eigenvalue weighted by atomic mass is 16.4. The molecule has 0 aliphatic carbocycles. The minimum atomic E-state index is -1.17. The zero-order chi connectivity index (χ0) is 18.2. The van der Waals surface area contributed by atoms with Crippen molar-refractivity contribution in [3.8, 4) is 0 Å². The fourth-order valence-corrected chi connectivity index (χ4v) is 1.82. The lowest BCUT2D eigenvalue weighted by atomic mass is 10.0. The Bertz CT molecular complexity index is 450. The van der Waals surface area contributed by atoms with Crippen LogP contribution in [0, 0.1) is 5.92 Å². The lowest BCUT2D eigenvalue weighted by Gasteiger charge is -2.22. The molecule has 0 rings (SSSR count). The lowest BCUT2D eigenvalue weighted by Crippen LogP contribution is -2.54. The van der Waals surface area contributed by atoms with Crippen molar-refractivity contribution >= 4 is 23.7 Å². The first kappa shape index (κ1) is 20.8. The van der Waals surface area contributed by atoms with Crippen LogP contribution in [0.4, 0.5) is 0 Å². The molecule has 0 aromatic carbocycles. The molecule has 0 saturated carbocycles. The van der Waals surface area contributed by atoms with Crippen LogP contribution in [-0.2, 0) is 19.2 Å². The van der Waals surface area contributed by atoms with Crippen LogP contribution in [0.5, 0.6) is 0 Å². The molecule has 0 heterocycles. The normalized spacial score (nSPS) is 14.7. The second kappa shape index (κ2) is 9.78. The highest BCUT2D eigenvalue weighted by molar-refractivity contribution is 5.92. The van der Waals surface area contributed by atoms with Gasteiger partial charge in [-0.3, -0.25) is 14.4 Å². The summed E-state index contributed by atoms with van der Waals surface area (Å²) in [5.41, 5.74) is 10.5. The van der Waals surface area contributed by atoms with E-state index in [-0.39, 0.29) is 25.2 Å². The second-order valence-corrected chi connectivity index (χ2v) is 5.88. The molecule has 9 nitrogen and oxygen atoms in total. The zero-order valence-electron chi connectivity index (χ0n) is 13.7. The Labute approximate surface area is 135 Å². The van der Waals surface area contributed by atoms with Crippen LogP contribution in [-0.4, -0.2) is 46.9 Å². The number of hydrogen-bond acceptors (Lipinski definition) is 5. The van der Waals surface area contributed by atoms with Gasteiger partial charge in [-0.15, -0.1) is 0 Å². The van der Waals surface area contributed by atoms with Gasteiger partial charge in [-0.2, -0.15) is 0 Å². The van der Waals surface area contributed by atoms with E-state index in [0.29, 0.717) is 0 Å². The van der Waals surface area contributed by atoms with Crippen LogP contribution < -0.4 is 22.1 Å². The number of carbonyl (C=O) groups excluding carboxylic acids is 3. The zero-order valence-corrected chi connectivity index (χ0v) is 13.7. The average molecular weight is 330 g/mol. The topological polar surface area (TPSA) is 165 Å². The van der Waals surface area contributed by atoms with E-state index in [1.54, 1.807) is 0 Å². The number of carboxylic acids is 1. The van der Waals surface area contributed by atoms with Gasteiger partial charge in [0.05, 0.1) is 6.04 Å². The largest absolute Gasteiger partial charge is 0.480 e. The van der Waals surface area contributed by atoms with Crippen LogP contribution >= 0.6 is 0 Å². The molecule has 0 bridgehead atoms. The average Bonchev–Trinajstić information content (AvgIpc) is 2.41. The van der Waals surface area contributed by atoms with Crippen LogP contribution in [0.25, 0.3) is 0 Å². The first-order chi connectivity index (χ1) is 10.5. The van der Waals surface area contributed by atoms with Crippen molar-refractivity contribution in [1.29, 1.82) is 0 Å². The van der Waals surface area contributed by atoms with Crippen molar-refractivity contribution in [3.05, 3.63) is 0 Å². The third-order valence-corrected chi connectivity index (χ3v) is 3.05. The van der Waals surface area contributed by atoms with Crippen molar-refractivity contribution in [3.63, 3.8) is 0 Å². The van der Waals surface area contributed by atoms with Gasteiger partial charge >= 0.3 is 5.97 Å². The lowest BCUT2D eigenvalue weighted by molar-refractivity contribution is -0.142. The molecule has 0 radical (unpaired) electrons. The van der Waals surface area contributed by atoms with E-state index < -0.39 is 41.8 Å². The minimum Gasteiger partial charge on any atom is -0.480 e. The highest BCUT2D eigenvalue weighted by Gasteiger charge is 2.27. The van der Waals surface area contributed by atoms with Crippen molar-refractivity contribution in [1.82, 2.24) is 10.6 Å². The Morgan fingerprint density at radius 2 is 1.52 bits per heavy atom.